The summed E-state index contributed by atoms with van der Waals surface area (Å²) in [6.07, 6.45) is 5.81. The molecule has 1 nitrogen and oxygen atoms in total. The molecule has 2 fully saturated rings. The Morgan fingerprint density at radius 2 is 2.15 bits per heavy atom. The molecule has 74 valence electrons. The van der Waals surface area contributed by atoms with Crippen LogP contribution in [0.3, 0.4) is 0 Å². The van der Waals surface area contributed by atoms with Crippen molar-refractivity contribution in [2.24, 2.45) is 5.92 Å². The van der Waals surface area contributed by atoms with Crippen molar-refractivity contribution < 1.29 is 0 Å². The summed E-state index contributed by atoms with van der Waals surface area (Å²) in [4.78, 5) is 2.60. The first-order chi connectivity index (χ1) is 6.31. The molecule has 2 rings (SSSR count). The van der Waals surface area contributed by atoms with Crippen LogP contribution in [0, 0.1) is 5.92 Å². The molecule has 0 radical (unpaired) electrons. The summed E-state index contributed by atoms with van der Waals surface area (Å²) in [5, 5.41) is 0.959. The van der Waals surface area contributed by atoms with Crippen molar-refractivity contribution in [1.29, 1.82) is 0 Å². The minimum atomic E-state index is 0.907. The average Bonchev–Trinajstić information content (AvgIpc) is 2.14. The molecule has 2 heteroatoms. The van der Waals surface area contributed by atoms with Gasteiger partial charge in [0.05, 0.1) is 0 Å². The minimum Gasteiger partial charge on any atom is -0.296 e. The highest BCUT2D eigenvalue weighted by atomic mass is 79.9. The number of likely N-dealkylation sites (tertiary alicyclic amines) is 1. The first kappa shape index (κ1) is 9.72. The largest absolute Gasteiger partial charge is 0.296 e. The van der Waals surface area contributed by atoms with Crippen molar-refractivity contribution in [3.8, 4) is 0 Å². The SMILES string of the molecule is C=C(CBr)CN1CC2CCCCC21. The fraction of sp³-hybridized carbons (Fsp3) is 0.818. The number of rotatable bonds is 3. The molecule has 0 bridgehead atoms. The van der Waals surface area contributed by atoms with Crippen LogP contribution in [0.4, 0.5) is 0 Å². The monoisotopic (exact) mass is 243 g/mol. The van der Waals surface area contributed by atoms with Crippen LogP contribution in [0.15, 0.2) is 12.2 Å². The topological polar surface area (TPSA) is 3.24 Å². The first-order valence-corrected chi connectivity index (χ1v) is 6.40. The first-order valence-electron chi connectivity index (χ1n) is 5.28. The Labute approximate surface area is 89.3 Å². The zero-order valence-electron chi connectivity index (χ0n) is 8.14. The van der Waals surface area contributed by atoms with E-state index in [1.165, 1.54) is 37.8 Å². The molecule has 0 spiro atoms. The van der Waals surface area contributed by atoms with Gasteiger partial charge in [-0.15, -0.1) is 0 Å². The predicted octanol–water partition coefficient (Wildman–Crippen LogP) is 2.81. The molecule has 1 saturated heterocycles. The number of fused-ring (bicyclic) bond motifs is 1. The van der Waals surface area contributed by atoms with E-state index >= 15 is 0 Å². The lowest BCUT2D eigenvalue weighted by molar-refractivity contribution is -0.00610. The molecule has 0 N–H and O–H groups in total. The number of hydrogen-bond acceptors (Lipinski definition) is 1. The quantitative estimate of drug-likeness (QED) is 0.545. The van der Waals surface area contributed by atoms with E-state index < -0.39 is 0 Å². The van der Waals surface area contributed by atoms with E-state index in [4.69, 9.17) is 0 Å². The van der Waals surface area contributed by atoms with Crippen molar-refractivity contribution in [3.63, 3.8) is 0 Å². The van der Waals surface area contributed by atoms with E-state index in [0.717, 1.165) is 23.8 Å². The average molecular weight is 244 g/mol. The zero-order chi connectivity index (χ0) is 9.26. The maximum absolute atomic E-state index is 4.04. The maximum Gasteiger partial charge on any atom is 0.0251 e. The molecule has 2 atom stereocenters. The van der Waals surface area contributed by atoms with Gasteiger partial charge in [-0.1, -0.05) is 40.9 Å². The molecule has 13 heavy (non-hydrogen) atoms. The van der Waals surface area contributed by atoms with Crippen LogP contribution in [0.25, 0.3) is 0 Å². The minimum absolute atomic E-state index is 0.907. The Balaban J connectivity index is 1.80. The van der Waals surface area contributed by atoms with Crippen LogP contribution < -0.4 is 0 Å². The second kappa shape index (κ2) is 4.14. The molecule has 0 aromatic carbocycles. The van der Waals surface area contributed by atoms with E-state index in [2.05, 4.69) is 27.4 Å². The Bertz CT molecular complexity index is 202. The van der Waals surface area contributed by atoms with Crippen LogP contribution in [0.5, 0.6) is 0 Å². The summed E-state index contributed by atoms with van der Waals surface area (Å²) < 4.78 is 0. The Hall–Kier alpha value is 0.180. The van der Waals surface area contributed by atoms with Crippen molar-refractivity contribution >= 4 is 15.9 Å². The van der Waals surface area contributed by atoms with Gasteiger partial charge in [-0.3, -0.25) is 4.90 Å². The van der Waals surface area contributed by atoms with Crippen molar-refractivity contribution in [2.45, 2.75) is 31.7 Å². The van der Waals surface area contributed by atoms with Crippen molar-refractivity contribution in [3.05, 3.63) is 12.2 Å². The smallest absolute Gasteiger partial charge is 0.0251 e. The lowest BCUT2D eigenvalue weighted by atomic mass is 9.77. The summed E-state index contributed by atoms with van der Waals surface area (Å²) in [6.45, 7) is 6.49. The highest BCUT2D eigenvalue weighted by molar-refractivity contribution is 9.09. The normalized spacial score (nSPS) is 33.6. The lowest BCUT2D eigenvalue weighted by Gasteiger charge is -2.51. The number of hydrogen-bond donors (Lipinski definition) is 0. The van der Waals surface area contributed by atoms with Crippen LogP contribution in [0.2, 0.25) is 0 Å². The van der Waals surface area contributed by atoms with E-state index in [1.807, 2.05) is 0 Å². The number of nitrogens with zero attached hydrogens (tertiary/aromatic N) is 1. The number of alkyl halides is 1. The van der Waals surface area contributed by atoms with E-state index in [9.17, 15) is 0 Å². The predicted molar refractivity (Wildman–Crippen MR) is 60.3 cm³/mol. The lowest BCUT2D eigenvalue weighted by Crippen LogP contribution is -2.57. The molecule has 1 saturated carbocycles. The Kier molecular flexibility index (Phi) is 3.10. The van der Waals surface area contributed by atoms with E-state index in [1.54, 1.807) is 0 Å². The molecular weight excluding hydrogens is 226 g/mol. The summed E-state index contributed by atoms with van der Waals surface area (Å²) in [6, 6.07) is 0.907. The van der Waals surface area contributed by atoms with Gasteiger partial charge in [-0.05, 0) is 18.8 Å². The van der Waals surface area contributed by atoms with Crippen molar-refractivity contribution in [1.82, 2.24) is 4.90 Å². The third kappa shape index (κ3) is 1.99. The molecule has 1 aliphatic carbocycles. The standard InChI is InChI=1S/C11H18BrN/c1-9(6-12)7-13-8-10-4-2-3-5-11(10)13/h10-11H,1-8H2. The highest BCUT2D eigenvalue weighted by Gasteiger charge is 2.39. The van der Waals surface area contributed by atoms with Crippen LogP contribution in [0.1, 0.15) is 25.7 Å². The van der Waals surface area contributed by atoms with Gasteiger partial charge >= 0.3 is 0 Å². The van der Waals surface area contributed by atoms with Gasteiger partial charge in [0.1, 0.15) is 0 Å². The number of halogens is 1. The van der Waals surface area contributed by atoms with Gasteiger partial charge in [0, 0.05) is 24.5 Å². The second-order valence-electron chi connectivity index (χ2n) is 4.42. The van der Waals surface area contributed by atoms with E-state index in [0.29, 0.717) is 0 Å². The summed E-state index contributed by atoms with van der Waals surface area (Å²) >= 11 is 3.46. The van der Waals surface area contributed by atoms with Gasteiger partial charge in [0.2, 0.25) is 0 Å². The van der Waals surface area contributed by atoms with Gasteiger partial charge in [-0.25, -0.2) is 0 Å². The highest BCUT2D eigenvalue weighted by Crippen LogP contribution is 2.37. The molecule has 0 aromatic heterocycles. The molecule has 1 heterocycles. The Morgan fingerprint density at radius 3 is 2.85 bits per heavy atom. The van der Waals surface area contributed by atoms with Crippen LogP contribution in [-0.2, 0) is 0 Å². The summed E-state index contributed by atoms with van der Waals surface area (Å²) in [7, 11) is 0. The van der Waals surface area contributed by atoms with Gasteiger partial charge in [0.25, 0.3) is 0 Å². The molecule has 0 aromatic rings. The fourth-order valence-electron chi connectivity index (χ4n) is 2.69. The molecule has 0 amide bonds. The Morgan fingerprint density at radius 1 is 1.38 bits per heavy atom. The third-order valence-corrected chi connectivity index (χ3v) is 4.22. The maximum atomic E-state index is 4.04. The van der Waals surface area contributed by atoms with Gasteiger partial charge < -0.3 is 0 Å². The van der Waals surface area contributed by atoms with E-state index in [-0.39, 0.29) is 0 Å². The summed E-state index contributed by atoms with van der Waals surface area (Å²) in [5.74, 6) is 1.02. The zero-order valence-corrected chi connectivity index (χ0v) is 9.72. The molecule has 1 aliphatic heterocycles. The van der Waals surface area contributed by atoms with Crippen LogP contribution >= 0.6 is 15.9 Å². The third-order valence-electron chi connectivity index (χ3n) is 3.42. The van der Waals surface area contributed by atoms with Gasteiger partial charge in [-0.2, -0.15) is 0 Å². The van der Waals surface area contributed by atoms with Crippen molar-refractivity contribution in [2.75, 3.05) is 18.4 Å². The second-order valence-corrected chi connectivity index (χ2v) is 4.99. The molecule has 2 unspecified atom stereocenters. The molecule has 2 aliphatic rings. The fourth-order valence-corrected chi connectivity index (χ4v) is 2.87. The molecular formula is C11H18BrN. The van der Waals surface area contributed by atoms with Gasteiger partial charge in [0.15, 0.2) is 0 Å². The summed E-state index contributed by atoms with van der Waals surface area (Å²) in [5.41, 5.74) is 1.32. The van der Waals surface area contributed by atoms with Crippen LogP contribution in [-0.4, -0.2) is 29.4 Å².